The Labute approximate surface area is 89.1 Å². The molecule has 0 nitrogen and oxygen atoms in total. The van der Waals surface area contributed by atoms with Gasteiger partial charge in [-0.15, -0.1) is 0 Å². The summed E-state index contributed by atoms with van der Waals surface area (Å²) in [6.07, 6.45) is -3.29. The first-order valence-corrected chi connectivity index (χ1v) is 5.10. The summed E-state index contributed by atoms with van der Waals surface area (Å²) in [4.78, 5) is 0. The Morgan fingerprint density at radius 3 is 1.73 bits per heavy atom. The molecular formula is C12H17F3. The second kappa shape index (κ2) is 7.32. The Bertz CT molecular complexity index is 239. The number of hydrogen-bond donors (Lipinski definition) is 0. The smallest absolute Gasteiger partial charge is 0.171 e. The normalized spacial score (nSPS) is 10.5. The predicted molar refractivity (Wildman–Crippen MR) is 56.8 cm³/mol. The molecule has 0 aliphatic heterocycles. The minimum absolute atomic E-state index is 0.184. The van der Waals surface area contributed by atoms with Gasteiger partial charge in [0.15, 0.2) is 0 Å². The molecule has 86 valence electrons. The summed E-state index contributed by atoms with van der Waals surface area (Å²) in [5.41, 5.74) is 1.41. The molecule has 0 radical (unpaired) electrons. The predicted octanol–water partition coefficient (Wildman–Crippen LogP) is 4.60. The molecule has 0 saturated heterocycles. The lowest BCUT2D eigenvalue weighted by Gasteiger charge is -2.00. The molecule has 1 rings (SSSR count). The molecule has 0 amide bonds. The van der Waals surface area contributed by atoms with E-state index in [2.05, 4.69) is 31.2 Å². The fraction of sp³-hybridized carbons (Fsp3) is 0.500. The molecule has 0 atom stereocenters. The number of rotatable bonds is 2. The monoisotopic (exact) mass is 218 g/mol. The zero-order chi connectivity index (χ0) is 11.7. The van der Waals surface area contributed by atoms with Crippen molar-refractivity contribution in [1.82, 2.24) is 0 Å². The van der Waals surface area contributed by atoms with E-state index in [1.54, 1.807) is 0 Å². The molecule has 15 heavy (non-hydrogen) atoms. The zero-order valence-electron chi connectivity index (χ0n) is 9.14. The van der Waals surface area contributed by atoms with Gasteiger partial charge in [0, 0.05) is 6.42 Å². The molecule has 0 unspecified atom stereocenters. The van der Waals surface area contributed by atoms with Crippen LogP contribution in [0.25, 0.3) is 0 Å². The average molecular weight is 218 g/mol. The van der Waals surface area contributed by atoms with E-state index in [0.717, 1.165) is 6.42 Å². The van der Waals surface area contributed by atoms with Crippen LogP contribution < -0.4 is 0 Å². The van der Waals surface area contributed by atoms with E-state index in [-0.39, 0.29) is 6.42 Å². The molecule has 0 bridgehead atoms. The van der Waals surface area contributed by atoms with Gasteiger partial charge in [-0.1, -0.05) is 44.2 Å². The lowest BCUT2D eigenvalue weighted by molar-refractivity contribution is -0.134. The molecule has 3 heteroatoms. The molecule has 1 aromatic rings. The first-order chi connectivity index (χ1) is 6.99. The largest absolute Gasteiger partial charge is 0.389 e. The van der Waals surface area contributed by atoms with E-state index in [9.17, 15) is 13.2 Å². The van der Waals surface area contributed by atoms with Gasteiger partial charge in [0.25, 0.3) is 0 Å². The first kappa shape index (κ1) is 14.0. The van der Waals surface area contributed by atoms with Crippen molar-refractivity contribution in [2.45, 2.75) is 39.3 Å². The van der Waals surface area contributed by atoms with Gasteiger partial charge in [0.2, 0.25) is 0 Å². The van der Waals surface area contributed by atoms with E-state index in [4.69, 9.17) is 0 Å². The van der Waals surface area contributed by atoms with Crippen molar-refractivity contribution in [2.75, 3.05) is 0 Å². The van der Waals surface area contributed by atoms with E-state index in [0.29, 0.717) is 0 Å². The summed E-state index contributed by atoms with van der Waals surface area (Å²) in [6.45, 7) is 3.67. The minimum atomic E-state index is -3.95. The lowest BCUT2D eigenvalue weighted by Crippen LogP contribution is -2.04. The van der Waals surface area contributed by atoms with Crippen molar-refractivity contribution < 1.29 is 13.2 Å². The second-order valence-electron chi connectivity index (χ2n) is 3.20. The van der Waals surface area contributed by atoms with Gasteiger partial charge in [-0.3, -0.25) is 0 Å². The van der Waals surface area contributed by atoms with Crippen LogP contribution >= 0.6 is 0 Å². The Morgan fingerprint density at radius 1 is 1.00 bits per heavy atom. The number of hydrogen-bond acceptors (Lipinski definition) is 0. The van der Waals surface area contributed by atoms with Crippen LogP contribution in [0.5, 0.6) is 0 Å². The van der Waals surface area contributed by atoms with Gasteiger partial charge >= 0.3 is 6.18 Å². The molecule has 0 spiro atoms. The standard InChI is InChI=1S/C8H10.C4H7F3/c1-2-8-6-4-3-5-7-8;1-2-3-4(5,6)7/h3-7H,2H2,1H3;2-3H2,1H3. The van der Waals surface area contributed by atoms with Crippen LogP contribution in [0.4, 0.5) is 13.2 Å². The van der Waals surface area contributed by atoms with Gasteiger partial charge in [0.05, 0.1) is 0 Å². The van der Waals surface area contributed by atoms with Gasteiger partial charge in [-0.25, -0.2) is 0 Å². The number of benzene rings is 1. The lowest BCUT2D eigenvalue weighted by atomic mass is 10.2. The van der Waals surface area contributed by atoms with Crippen LogP contribution in [0.1, 0.15) is 32.3 Å². The van der Waals surface area contributed by atoms with Crippen LogP contribution in [0.3, 0.4) is 0 Å². The van der Waals surface area contributed by atoms with Crippen LogP contribution in [-0.2, 0) is 6.42 Å². The van der Waals surface area contributed by atoms with E-state index >= 15 is 0 Å². The topological polar surface area (TPSA) is 0 Å². The molecule has 0 aromatic heterocycles. The van der Waals surface area contributed by atoms with Crippen LogP contribution in [0, 0.1) is 0 Å². The van der Waals surface area contributed by atoms with Crippen molar-refractivity contribution in [3.63, 3.8) is 0 Å². The summed E-state index contributed by atoms with van der Waals surface area (Å²) < 4.78 is 33.2. The quantitative estimate of drug-likeness (QED) is 0.680. The van der Waals surface area contributed by atoms with Crippen molar-refractivity contribution in [3.8, 4) is 0 Å². The highest BCUT2D eigenvalue weighted by molar-refractivity contribution is 5.13. The molecule has 1 aromatic carbocycles. The summed E-state index contributed by atoms with van der Waals surface area (Å²) in [6, 6.07) is 10.5. The van der Waals surface area contributed by atoms with Crippen LogP contribution in [0.15, 0.2) is 30.3 Å². The highest BCUT2D eigenvalue weighted by Crippen LogP contribution is 2.20. The molecular weight excluding hydrogens is 201 g/mol. The molecule has 0 fully saturated rings. The molecule has 0 saturated carbocycles. The van der Waals surface area contributed by atoms with Crippen LogP contribution in [-0.4, -0.2) is 6.18 Å². The molecule has 0 heterocycles. The van der Waals surface area contributed by atoms with Gasteiger partial charge in [-0.2, -0.15) is 13.2 Å². The number of alkyl halides is 3. The Hall–Kier alpha value is -0.990. The summed E-state index contributed by atoms with van der Waals surface area (Å²) in [5.74, 6) is 0. The van der Waals surface area contributed by atoms with Gasteiger partial charge in [0.1, 0.15) is 0 Å². The van der Waals surface area contributed by atoms with Crippen molar-refractivity contribution >= 4 is 0 Å². The third-order valence-electron chi connectivity index (χ3n) is 1.78. The molecule has 0 aliphatic carbocycles. The first-order valence-electron chi connectivity index (χ1n) is 5.10. The Balaban J connectivity index is 0.000000265. The van der Waals surface area contributed by atoms with E-state index in [1.165, 1.54) is 12.5 Å². The summed E-state index contributed by atoms with van der Waals surface area (Å²) in [7, 11) is 0. The Kier molecular flexibility index (Phi) is 6.84. The fourth-order valence-corrected chi connectivity index (χ4v) is 0.997. The van der Waals surface area contributed by atoms with Gasteiger partial charge in [-0.05, 0) is 18.4 Å². The van der Waals surface area contributed by atoms with Crippen molar-refractivity contribution in [2.24, 2.45) is 0 Å². The number of halogens is 3. The minimum Gasteiger partial charge on any atom is -0.171 e. The zero-order valence-corrected chi connectivity index (χ0v) is 9.14. The number of aryl methyl sites for hydroxylation is 1. The maximum atomic E-state index is 11.1. The molecule has 0 aliphatic rings. The summed E-state index contributed by atoms with van der Waals surface area (Å²) in [5, 5.41) is 0. The second-order valence-corrected chi connectivity index (χ2v) is 3.20. The summed E-state index contributed by atoms with van der Waals surface area (Å²) >= 11 is 0. The highest BCUT2D eigenvalue weighted by atomic mass is 19.4. The third kappa shape index (κ3) is 9.32. The molecule has 0 N–H and O–H groups in total. The van der Waals surface area contributed by atoms with E-state index < -0.39 is 12.6 Å². The van der Waals surface area contributed by atoms with Crippen LogP contribution in [0.2, 0.25) is 0 Å². The highest BCUT2D eigenvalue weighted by Gasteiger charge is 2.24. The van der Waals surface area contributed by atoms with Gasteiger partial charge < -0.3 is 0 Å². The average Bonchev–Trinajstić information content (AvgIpc) is 2.18. The maximum Gasteiger partial charge on any atom is 0.389 e. The Morgan fingerprint density at radius 2 is 1.53 bits per heavy atom. The van der Waals surface area contributed by atoms with Crippen molar-refractivity contribution in [1.29, 1.82) is 0 Å². The SMILES string of the molecule is CCCC(F)(F)F.CCc1ccccc1. The van der Waals surface area contributed by atoms with E-state index in [1.807, 2.05) is 6.07 Å². The van der Waals surface area contributed by atoms with Crippen molar-refractivity contribution in [3.05, 3.63) is 35.9 Å². The maximum absolute atomic E-state index is 11.1. The third-order valence-corrected chi connectivity index (χ3v) is 1.78. The fourth-order valence-electron chi connectivity index (χ4n) is 0.997.